The Labute approximate surface area is 286 Å². The number of hydrogen-bond donors (Lipinski definition) is 1. The second-order valence-corrected chi connectivity index (χ2v) is 14.5. The number of hydrogen-bond acceptors (Lipinski definition) is 4. The number of nitrogens with one attached hydrogen (secondary N) is 1. The lowest BCUT2D eigenvalue weighted by molar-refractivity contribution is -0.140. The molecular weight excluding hydrogens is 665 g/mol. The highest BCUT2D eigenvalue weighted by molar-refractivity contribution is 7.92. The molecule has 0 unspecified atom stereocenters. The van der Waals surface area contributed by atoms with Crippen molar-refractivity contribution < 1.29 is 18.0 Å². The first kappa shape index (κ1) is 35.3. The quantitative estimate of drug-likeness (QED) is 0.156. The van der Waals surface area contributed by atoms with Crippen LogP contribution in [0.5, 0.6) is 0 Å². The Kier molecular flexibility index (Phi) is 12.1. The SMILES string of the molecule is Cc1cc(Cl)ccc1N(CC(=O)N(Cc1ccc(Cl)c(Cl)c1)[C@@H](Cc1ccccc1)C(=O)NCC(C)C)S(=O)(=O)c1ccccc1. The normalized spacial score (nSPS) is 12.1. The highest BCUT2D eigenvalue weighted by Gasteiger charge is 2.35. The lowest BCUT2D eigenvalue weighted by Crippen LogP contribution is -2.53. The molecular formula is C35H36Cl3N3O4S. The van der Waals surface area contributed by atoms with E-state index in [1.165, 1.54) is 17.0 Å². The van der Waals surface area contributed by atoms with E-state index in [1.54, 1.807) is 61.5 Å². The third kappa shape index (κ3) is 9.04. The largest absolute Gasteiger partial charge is 0.354 e. The van der Waals surface area contributed by atoms with Crippen molar-refractivity contribution >= 4 is 62.3 Å². The molecule has 7 nitrogen and oxygen atoms in total. The fourth-order valence-electron chi connectivity index (χ4n) is 4.94. The van der Waals surface area contributed by atoms with Crippen molar-refractivity contribution in [1.29, 1.82) is 0 Å². The molecule has 0 aliphatic rings. The minimum Gasteiger partial charge on any atom is -0.354 e. The van der Waals surface area contributed by atoms with Gasteiger partial charge in [0.15, 0.2) is 0 Å². The van der Waals surface area contributed by atoms with Gasteiger partial charge in [0.2, 0.25) is 11.8 Å². The zero-order valence-corrected chi connectivity index (χ0v) is 28.9. The van der Waals surface area contributed by atoms with Crippen molar-refractivity contribution in [2.75, 3.05) is 17.4 Å². The molecule has 242 valence electrons. The summed E-state index contributed by atoms with van der Waals surface area (Å²) in [6, 6.07) is 26.1. The zero-order valence-electron chi connectivity index (χ0n) is 25.8. The monoisotopic (exact) mass is 699 g/mol. The first-order valence-corrected chi connectivity index (χ1v) is 17.3. The summed E-state index contributed by atoms with van der Waals surface area (Å²) in [4.78, 5) is 29.9. The molecule has 0 saturated heterocycles. The van der Waals surface area contributed by atoms with E-state index in [0.717, 1.165) is 9.87 Å². The summed E-state index contributed by atoms with van der Waals surface area (Å²) in [6.07, 6.45) is 0.198. The van der Waals surface area contributed by atoms with E-state index in [4.69, 9.17) is 34.8 Å². The lowest BCUT2D eigenvalue weighted by atomic mass is 10.0. The minimum atomic E-state index is -4.23. The standard InChI is InChI=1S/C35H36Cl3N3O4S/c1-24(2)21-39-35(43)33(20-26-10-6-4-7-11-26)40(22-27-14-16-30(37)31(38)19-27)34(42)23-41(32-17-15-28(36)18-25(32)3)46(44,45)29-12-8-5-9-13-29/h4-19,24,33H,20-23H2,1-3H3,(H,39,43)/t33-/m0/s1. The van der Waals surface area contributed by atoms with Gasteiger partial charge < -0.3 is 10.2 Å². The van der Waals surface area contributed by atoms with Gasteiger partial charge in [0.1, 0.15) is 12.6 Å². The Morgan fingerprint density at radius 3 is 2.07 bits per heavy atom. The summed E-state index contributed by atoms with van der Waals surface area (Å²) in [5, 5.41) is 4.04. The van der Waals surface area contributed by atoms with Gasteiger partial charge in [-0.05, 0) is 72.0 Å². The summed E-state index contributed by atoms with van der Waals surface area (Å²) in [7, 11) is -4.23. The minimum absolute atomic E-state index is 0.0173. The third-order valence-electron chi connectivity index (χ3n) is 7.33. The molecule has 0 fully saturated rings. The van der Waals surface area contributed by atoms with Gasteiger partial charge in [0.05, 0.1) is 20.6 Å². The molecule has 1 N–H and O–H groups in total. The maximum atomic E-state index is 14.6. The van der Waals surface area contributed by atoms with Crippen LogP contribution in [0, 0.1) is 12.8 Å². The van der Waals surface area contributed by atoms with Crippen LogP contribution < -0.4 is 9.62 Å². The maximum absolute atomic E-state index is 14.6. The van der Waals surface area contributed by atoms with E-state index in [2.05, 4.69) is 5.32 Å². The Balaban J connectivity index is 1.83. The Bertz CT molecular complexity index is 1770. The van der Waals surface area contributed by atoms with Gasteiger partial charge in [-0.25, -0.2) is 8.42 Å². The van der Waals surface area contributed by atoms with Gasteiger partial charge >= 0.3 is 0 Å². The van der Waals surface area contributed by atoms with Crippen LogP contribution in [-0.2, 0) is 32.6 Å². The van der Waals surface area contributed by atoms with Crippen molar-refractivity contribution in [1.82, 2.24) is 10.2 Å². The predicted octanol–water partition coefficient (Wildman–Crippen LogP) is 7.56. The summed E-state index contributed by atoms with van der Waals surface area (Å²) < 4.78 is 29.4. The van der Waals surface area contributed by atoms with Crippen LogP contribution >= 0.6 is 34.8 Å². The third-order valence-corrected chi connectivity index (χ3v) is 10.1. The van der Waals surface area contributed by atoms with Crippen molar-refractivity contribution in [3.8, 4) is 0 Å². The highest BCUT2D eigenvalue weighted by Crippen LogP contribution is 2.30. The van der Waals surface area contributed by atoms with Crippen LogP contribution in [0.4, 0.5) is 5.69 Å². The molecule has 0 saturated carbocycles. The average molecular weight is 701 g/mol. The zero-order chi connectivity index (χ0) is 33.4. The molecule has 46 heavy (non-hydrogen) atoms. The number of anilines is 1. The Morgan fingerprint density at radius 1 is 0.804 bits per heavy atom. The summed E-state index contributed by atoms with van der Waals surface area (Å²) in [5.74, 6) is -0.772. The van der Waals surface area contributed by atoms with Crippen LogP contribution in [-0.4, -0.2) is 44.3 Å². The van der Waals surface area contributed by atoms with E-state index in [0.29, 0.717) is 38.4 Å². The number of carbonyl (C=O) groups is 2. The van der Waals surface area contributed by atoms with Crippen molar-refractivity contribution in [2.45, 2.75) is 44.7 Å². The van der Waals surface area contributed by atoms with Gasteiger partial charge in [0, 0.05) is 24.5 Å². The summed E-state index contributed by atoms with van der Waals surface area (Å²) in [5.41, 5.74) is 2.31. The van der Waals surface area contributed by atoms with Gasteiger partial charge in [-0.15, -0.1) is 0 Å². The number of benzene rings is 4. The molecule has 0 bridgehead atoms. The lowest BCUT2D eigenvalue weighted by Gasteiger charge is -2.34. The van der Waals surface area contributed by atoms with Crippen molar-refractivity contribution in [3.05, 3.63) is 129 Å². The van der Waals surface area contributed by atoms with Crippen LogP contribution in [0.25, 0.3) is 0 Å². The molecule has 4 rings (SSSR count). The second kappa shape index (κ2) is 15.8. The number of rotatable bonds is 13. The first-order chi connectivity index (χ1) is 21.9. The van der Waals surface area contributed by atoms with E-state index in [9.17, 15) is 18.0 Å². The number of sulfonamides is 1. The molecule has 0 aromatic heterocycles. The number of aryl methyl sites for hydroxylation is 1. The Hall–Kier alpha value is -3.56. The fourth-order valence-corrected chi connectivity index (χ4v) is 6.99. The van der Waals surface area contributed by atoms with Gasteiger partial charge in [0.25, 0.3) is 10.0 Å². The highest BCUT2D eigenvalue weighted by atomic mass is 35.5. The number of halogens is 3. The molecule has 2 amide bonds. The molecule has 11 heteroatoms. The van der Waals surface area contributed by atoms with Crippen molar-refractivity contribution in [2.24, 2.45) is 5.92 Å². The summed E-state index contributed by atoms with van der Waals surface area (Å²) in [6.45, 7) is 5.48. The van der Waals surface area contributed by atoms with Crippen molar-refractivity contribution in [3.63, 3.8) is 0 Å². The van der Waals surface area contributed by atoms with Gasteiger partial charge in [-0.1, -0.05) is 103 Å². The van der Waals surface area contributed by atoms with E-state index < -0.39 is 28.5 Å². The second-order valence-electron chi connectivity index (χ2n) is 11.4. The van der Waals surface area contributed by atoms with Crippen LogP contribution in [0.2, 0.25) is 15.1 Å². The van der Waals surface area contributed by atoms with Crippen LogP contribution in [0.3, 0.4) is 0 Å². The first-order valence-electron chi connectivity index (χ1n) is 14.8. The van der Waals surface area contributed by atoms with Gasteiger partial charge in [-0.2, -0.15) is 0 Å². The van der Waals surface area contributed by atoms with Crippen LogP contribution in [0.15, 0.2) is 102 Å². The molecule has 0 heterocycles. The maximum Gasteiger partial charge on any atom is 0.264 e. The van der Waals surface area contributed by atoms with E-state index >= 15 is 0 Å². The molecule has 4 aromatic carbocycles. The number of carbonyl (C=O) groups excluding carboxylic acids is 2. The summed E-state index contributed by atoms with van der Waals surface area (Å²) >= 11 is 18.7. The molecule has 0 radical (unpaired) electrons. The van der Waals surface area contributed by atoms with Crippen LogP contribution in [0.1, 0.15) is 30.5 Å². The molecule has 0 spiro atoms. The molecule has 0 aliphatic heterocycles. The fraction of sp³-hybridized carbons (Fsp3) is 0.257. The van der Waals surface area contributed by atoms with Gasteiger partial charge in [-0.3, -0.25) is 13.9 Å². The Morgan fingerprint density at radius 2 is 1.46 bits per heavy atom. The average Bonchev–Trinajstić information content (AvgIpc) is 3.03. The molecule has 0 aliphatic carbocycles. The molecule has 4 aromatic rings. The number of amides is 2. The van der Waals surface area contributed by atoms with E-state index in [-0.39, 0.29) is 29.7 Å². The topological polar surface area (TPSA) is 86.8 Å². The number of nitrogens with zero attached hydrogens (tertiary/aromatic N) is 2. The molecule has 1 atom stereocenters. The van der Waals surface area contributed by atoms with E-state index in [1.807, 2.05) is 44.2 Å². The smallest absolute Gasteiger partial charge is 0.264 e. The predicted molar refractivity (Wildman–Crippen MR) is 186 cm³/mol.